The number of carbonyl (C=O) groups excluding carboxylic acids is 3. The van der Waals surface area contributed by atoms with Crippen LogP contribution in [-0.2, 0) is 59.3 Å². The van der Waals surface area contributed by atoms with E-state index in [1.807, 2.05) is 6.92 Å². The van der Waals surface area contributed by atoms with Gasteiger partial charge in [0.2, 0.25) is 0 Å². The molecule has 0 aromatic heterocycles. The normalized spacial score (nSPS) is 14.6. The van der Waals surface area contributed by atoms with Gasteiger partial charge in [-0.3, -0.25) is 9.59 Å². The van der Waals surface area contributed by atoms with Crippen molar-refractivity contribution in [1.29, 1.82) is 0 Å². The van der Waals surface area contributed by atoms with E-state index >= 15 is 0 Å². The minimum Gasteiger partial charge on any atom is -0.465 e. The summed E-state index contributed by atoms with van der Waals surface area (Å²) in [6.07, 6.45) is 5.97. The van der Waals surface area contributed by atoms with E-state index in [1.165, 1.54) is 0 Å². The lowest BCUT2D eigenvalue weighted by Gasteiger charge is -2.42. The quantitative estimate of drug-likeness (QED) is 0.0147. The fourth-order valence-corrected chi connectivity index (χ4v) is 31.9. The van der Waals surface area contributed by atoms with E-state index in [1.54, 1.807) is 6.08 Å². The van der Waals surface area contributed by atoms with Crippen molar-refractivity contribution in [3.63, 3.8) is 0 Å². The Morgan fingerprint density at radius 3 is 1.35 bits per heavy atom. The highest BCUT2D eigenvalue weighted by molar-refractivity contribution is 6.88. The molecule has 0 aromatic carbocycles. The van der Waals surface area contributed by atoms with Crippen molar-refractivity contribution in [2.75, 3.05) is 52.9 Å². The monoisotopic (exact) mass is 954 g/mol. The van der Waals surface area contributed by atoms with Gasteiger partial charge in [-0.05, 0) is 136 Å². The van der Waals surface area contributed by atoms with Crippen LogP contribution in [0.4, 0.5) is 0 Å². The summed E-state index contributed by atoms with van der Waals surface area (Å²) in [6, 6.07) is 1.40. The van der Waals surface area contributed by atoms with Crippen molar-refractivity contribution in [3.05, 3.63) is 25.3 Å². The predicted octanol–water partition coefficient (Wildman–Crippen LogP) is 9.69. The number of hydrogen-bond donors (Lipinski definition) is 0. The fourth-order valence-electron chi connectivity index (χ4n) is 6.64. The third-order valence-corrected chi connectivity index (χ3v) is 27.7. The Balaban J connectivity index is 6.46. The number of hydrogen-bond acceptors (Lipinski definition) is 13. The highest BCUT2D eigenvalue weighted by atomic mass is 28.5. The molecule has 0 amide bonds. The van der Waals surface area contributed by atoms with Gasteiger partial charge in [-0.15, -0.1) is 6.58 Å². The van der Waals surface area contributed by atoms with E-state index in [0.717, 1.165) is 18.5 Å². The molecule has 0 rings (SSSR count). The molecule has 0 saturated carbocycles. The molecule has 0 spiro atoms. The first-order valence-corrected chi connectivity index (χ1v) is 40.4. The van der Waals surface area contributed by atoms with Gasteiger partial charge in [0.05, 0.1) is 25.9 Å². The van der Waals surface area contributed by atoms with Crippen molar-refractivity contribution in [1.82, 2.24) is 0 Å². The van der Waals surface area contributed by atoms with Gasteiger partial charge in [-0.25, -0.2) is 4.79 Å². The molecule has 2 atom stereocenters. The molecule has 0 radical (unpaired) electrons. The van der Waals surface area contributed by atoms with E-state index < -0.39 is 61.8 Å². The number of ether oxygens (including phenoxy) is 6. The Morgan fingerprint density at radius 1 is 0.533 bits per heavy atom. The summed E-state index contributed by atoms with van der Waals surface area (Å²) < 4.78 is 61.5. The van der Waals surface area contributed by atoms with Crippen LogP contribution in [0.5, 0.6) is 0 Å². The first kappa shape index (κ1) is 58.9. The van der Waals surface area contributed by atoms with E-state index in [2.05, 4.69) is 105 Å². The van der Waals surface area contributed by atoms with Crippen molar-refractivity contribution >= 4 is 68.3 Å². The summed E-state index contributed by atoms with van der Waals surface area (Å²) in [7, 11) is -13.3. The van der Waals surface area contributed by atoms with E-state index in [9.17, 15) is 14.4 Å². The SMILES string of the molecule is C=CC(=O)OCCOCCCC(=O)OCC(CCC[Si](C)(O[Si](C)(C)C)O[Si](C)(C)C)(CC[Si](C)(O[Si](C)(C)C)O[Si](C)(C)C)COC(=O)CCCOCCO[C@H](C)C=C. The third kappa shape index (κ3) is 32.6. The molecule has 0 fully saturated rings. The van der Waals surface area contributed by atoms with Crippen molar-refractivity contribution < 1.29 is 59.3 Å². The number of rotatable bonds is 36. The van der Waals surface area contributed by atoms with Crippen LogP contribution < -0.4 is 0 Å². The molecule has 0 N–H and O–H groups in total. The first-order chi connectivity index (χ1) is 27.4. The van der Waals surface area contributed by atoms with Gasteiger partial charge in [0.1, 0.15) is 19.8 Å². The Bertz CT molecular complexity index is 1250. The molecule has 1 unspecified atom stereocenters. The molecular weight excluding hydrogens is 869 g/mol. The minimum absolute atomic E-state index is 0.0503. The highest BCUT2D eigenvalue weighted by Gasteiger charge is 2.45. The zero-order valence-corrected chi connectivity index (χ0v) is 46.5. The lowest BCUT2D eigenvalue weighted by atomic mass is 9.82. The highest BCUT2D eigenvalue weighted by Crippen LogP contribution is 2.38. The molecule has 19 heteroatoms. The predicted molar refractivity (Wildman–Crippen MR) is 256 cm³/mol. The van der Waals surface area contributed by atoms with Gasteiger partial charge in [0, 0.05) is 37.5 Å². The average Bonchev–Trinajstić information content (AvgIpc) is 3.07. The van der Waals surface area contributed by atoms with Crippen LogP contribution in [0.25, 0.3) is 0 Å². The van der Waals surface area contributed by atoms with Crippen molar-refractivity contribution in [2.45, 2.75) is 162 Å². The molecule has 60 heavy (non-hydrogen) atoms. The van der Waals surface area contributed by atoms with Crippen LogP contribution in [0.15, 0.2) is 25.3 Å². The van der Waals surface area contributed by atoms with Gasteiger partial charge in [-0.1, -0.05) is 19.1 Å². The van der Waals surface area contributed by atoms with Crippen LogP contribution in [0.3, 0.4) is 0 Å². The number of esters is 3. The molecular formula is C41H86O13Si6. The summed E-state index contributed by atoms with van der Waals surface area (Å²) in [6.45, 7) is 41.7. The lowest BCUT2D eigenvalue weighted by Crippen LogP contribution is -2.53. The van der Waals surface area contributed by atoms with Gasteiger partial charge < -0.3 is 44.9 Å². The zero-order chi connectivity index (χ0) is 46.3. The Kier molecular flexibility index (Phi) is 27.4. The van der Waals surface area contributed by atoms with Crippen LogP contribution in [0, 0.1) is 5.41 Å². The van der Waals surface area contributed by atoms with Crippen LogP contribution in [0.1, 0.15) is 51.9 Å². The van der Waals surface area contributed by atoms with Crippen molar-refractivity contribution in [2.24, 2.45) is 5.41 Å². The number of carbonyl (C=O) groups is 3. The van der Waals surface area contributed by atoms with Gasteiger partial charge in [-0.2, -0.15) is 0 Å². The second kappa shape index (κ2) is 28.0. The molecule has 0 aliphatic carbocycles. The Labute approximate surface area is 371 Å². The van der Waals surface area contributed by atoms with E-state index in [0.29, 0.717) is 58.2 Å². The maximum atomic E-state index is 13.4. The topological polar surface area (TPSA) is 144 Å². The summed E-state index contributed by atoms with van der Waals surface area (Å²) in [4.78, 5) is 38.0. The summed E-state index contributed by atoms with van der Waals surface area (Å²) >= 11 is 0. The van der Waals surface area contributed by atoms with Gasteiger partial charge in [0.15, 0.2) is 33.3 Å². The standard InChI is InChI=1S/C41H86O13Si6/c1-18-37(3)47-31-29-45-27-20-23-39(43)49-35-41(26-34-60(17,53-57(10,11)12)54-58(13,14)15,25-22-33-59(16,51-55(4,5)6)52-56(7,8)9)36-50-40(44)24-21-28-46-30-32-48-38(42)19-2/h18-19,37H,1-2,20-36H2,3-17H3/t37-,41?/m1/s1. The maximum absolute atomic E-state index is 13.4. The van der Waals surface area contributed by atoms with Crippen molar-refractivity contribution in [3.8, 4) is 0 Å². The average molecular weight is 956 g/mol. The first-order valence-electron chi connectivity index (χ1n) is 21.7. The Hall–Kier alpha value is -1.09. The maximum Gasteiger partial charge on any atom is 0.330 e. The molecule has 0 aliphatic heterocycles. The van der Waals surface area contributed by atoms with Crippen LogP contribution >= 0.6 is 0 Å². The molecule has 0 aromatic rings. The van der Waals surface area contributed by atoms with Gasteiger partial charge >= 0.3 is 35.0 Å². The lowest BCUT2D eigenvalue weighted by molar-refractivity contribution is -0.155. The smallest absolute Gasteiger partial charge is 0.330 e. The van der Waals surface area contributed by atoms with Gasteiger partial charge in [0.25, 0.3) is 0 Å². The minimum atomic E-state index is -2.75. The van der Waals surface area contributed by atoms with E-state index in [4.69, 9.17) is 44.9 Å². The molecule has 0 heterocycles. The summed E-state index contributed by atoms with van der Waals surface area (Å²) in [5, 5.41) is 0. The fraction of sp³-hybridized carbons (Fsp3) is 0.829. The van der Waals surface area contributed by atoms with E-state index in [-0.39, 0.29) is 57.3 Å². The van der Waals surface area contributed by atoms with Crippen LogP contribution in [0.2, 0.25) is 104 Å². The molecule has 352 valence electrons. The molecule has 0 aliphatic rings. The Morgan fingerprint density at radius 2 is 0.950 bits per heavy atom. The second-order valence-electron chi connectivity index (χ2n) is 19.9. The summed E-state index contributed by atoms with van der Waals surface area (Å²) in [5.41, 5.74) is -0.722. The molecule has 0 saturated heterocycles. The molecule has 0 bridgehead atoms. The molecule has 13 nitrogen and oxygen atoms in total. The van der Waals surface area contributed by atoms with Crippen LogP contribution in [-0.4, -0.2) is 127 Å². The largest absolute Gasteiger partial charge is 0.465 e. The zero-order valence-electron chi connectivity index (χ0n) is 40.5. The third-order valence-electron chi connectivity index (χ3n) is 8.53. The summed E-state index contributed by atoms with van der Waals surface area (Å²) in [5.74, 6) is -1.21. The second-order valence-corrected chi connectivity index (χ2v) is 45.6.